The molecule has 0 aliphatic carbocycles. The fraction of sp³-hybridized carbons (Fsp3) is 0.417. The molecule has 1 atom stereocenters. The standard InChI is InChI=1S/C12H17NO2S2/c1-2-17(15)8-7-13-12(14)9-10-3-5-11(16)6-4-10/h3-6,16H,2,7-9H2,1H3,(H,13,14). The van der Waals surface area contributed by atoms with Gasteiger partial charge in [0, 0.05) is 33.7 Å². The molecule has 3 nitrogen and oxygen atoms in total. The molecule has 0 aromatic heterocycles. The minimum Gasteiger partial charge on any atom is -0.355 e. The molecule has 17 heavy (non-hydrogen) atoms. The molecule has 1 amide bonds. The minimum atomic E-state index is -0.818. The van der Waals surface area contributed by atoms with Crippen LogP contribution in [0.25, 0.3) is 0 Å². The van der Waals surface area contributed by atoms with E-state index < -0.39 is 10.8 Å². The maximum Gasteiger partial charge on any atom is 0.224 e. The number of rotatable bonds is 6. The van der Waals surface area contributed by atoms with Gasteiger partial charge < -0.3 is 5.32 Å². The van der Waals surface area contributed by atoms with E-state index in [1.165, 1.54) is 0 Å². The molecule has 0 saturated carbocycles. The van der Waals surface area contributed by atoms with Gasteiger partial charge in [-0.1, -0.05) is 19.1 Å². The first-order valence-electron chi connectivity index (χ1n) is 5.51. The van der Waals surface area contributed by atoms with Crippen LogP contribution in [0.2, 0.25) is 0 Å². The molecule has 0 radical (unpaired) electrons. The second kappa shape index (κ2) is 7.50. The first kappa shape index (κ1) is 14.3. The highest BCUT2D eigenvalue weighted by molar-refractivity contribution is 7.84. The van der Waals surface area contributed by atoms with Crippen LogP contribution in [0, 0.1) is 0 Å². The Morgan fingerprint density at radius 3 is 2.59 bits per heavy atom. The Labute approximate surface area is 110 Å². The maximum absolute atomic E-state index is 11.5. The third-order valence-corrected chi connectivity index (χ3v) is 3.88. The van der Waals surface area contributed by atoms with E-state index in [9.17, 15) is 9.00 Å². The Morgan fingerprint density at radius 1 is 1.35 bits per heavy atom. The van der Waals surface area contributed by atoms with Gasteiger partial charge in [-0.25, -0.2) is 0 Å². The molecule has 0 spiro atoms. The van der Waals surface area contributed by atoms with Gasteiger partial charge >= 0.3 is 0 Å². The van der Waals surface area contributed by atoms with Crippen molar-refractivity contribution in [1.29, 1.82) is 0 Å². The molecule has 1 aromatic carbocycles. The van der Waals surface area contributed by atoms with E-state index in [1.54, 1.807) is 0 Å². The van der Waals surface area contributed by atoms with Gasteiger partial charge in [-0.15, -0.1) is 12.6 Å². The smallest absolute Gasteiger partial charge is 0.224 e. The number of carbonyl (C=O) groups excluding carboxylic acids is 1. The lowest BCUT2D eigenvalue weighted by Crippen LogP contribution is -2.29. The van der Waals surface area contributed by atoms with Crippen LogP contribution >= 0.6 is 12.6 Å². The predicted octanol–water partition coefficient (Wildman–Crippen LogP) is 1.40. The van der Waals surface area contributed by atoms with Gasteiger partial charge in [-0.2, -0.15) is 0 Å². The number of amides is 1. The lowest BCUT2D eigenvalue weighted by Gasteiger charge is -2.05. The summed E-state index contributed by atoms with van der Waals surface area (Å²) in [6.45, 7) is 2.35. The Bertz CT molecular complexity index is 390. The summed E-state index contributed by atoms with van der Waals surface area (Å²) < 4.78 is 11.1. The normalized spacial score (nSPS) is 12.1. The lowest BCUT2D eigenvalue weighted by molar-refractivity contribution is -0.120. The van der Waals surface area contributed by atoms with E-state index in [-0.39, 0.29) is 5.91 Å². The van der Waals surface area contributed by atoms with Crippen molar-refractivity contribution < 1.29 is 9.00 Å². The van der Waals surface area contributed by atoms with E-state index in [1.807, 2.05) is 31.2 Å². The molecule has 0 saturated heterocycles. The van der Waals surface area contributed by atoms with Crippen LogP contribution in [0.3, 0.4) is 0 Å². The zero-order chi connectivity index (χ0) is 12.7. The van der Waals surface area contributed by atoms with Crippen molar-refractivity contribution in [1.82, 2.24) is 5.32 Å². The molecule has 5 heteroatoms. The van der Waals surface area contributed by atoms with Gasteiger partial charge in [0.1, 0.15) is 0 Å². The van der Waals surface area contributed by atoms with E-state index in [4.69, 9.17) is 0 Å². The average Bonchev–Trinajstić information content (AvgIpc) is 2.32. The molecule has 1 rings (SSSR count). The molecule has 0 bridgehead atoms. The molecular formula is C12H17NO2S2. The molecule has 0 aliphatic rings. The molecule has 0 heterocycles. The van der Waals surface area contributed by atoms with Crippen LogP contribution in [0.4, 0.5) is 0 Å². The lowest BCUT2D eigenvalue weighted by atomic mass is 10.1. The molecule has 94 valence electrons. The van der Waals surface area contributed by atoms with Crippen LogP contribution in [-0.2, 0) is 22.0 Å². The van der Waals surface area contributed by atoms with Crippen LogP contribution < -0.4 is 5.32 Å². The van der Waals surface area contributed by atoms with Crippen molar-refractivity contribution in [2.45, 2.75) is 18.2 Å². The van der Waals surface area contributed by atoms with Crippen LogP contribution in [0.5, 0.6) is 0 Å². The Balaban J connectivity index is 2.30. The number of hydrogen-bond acceptors (Lipinski definition) is 3. The van der Waals surface area contributed by atoms with Gasteiger partial charge in [-0.05, 0) is 17.7 Å². The highest BCUT2D eigenvalue weighted by atomic mass is 32.2. The maximum atomic E-state index is 11.5. The Kier molecular flexibility index (Phi) is 6.29. The van der Waals surface area contributed by atoms with Crippen molar-refractivity contribution in [3.8, 4) is 0 Å². The first-order valence-corrected chi connectivity index (χ1v) is 7.45. The van der Waals surface area contributed by atoms with Gasteiger partial charge in [-0.3, -0.25) is 9.00 Å². The van der Waals surface area contributed by atoms with E-state index >= 15 is 0 Å². The van der Waals surface area contributed by atoms with E-state index in [0.717, 1.165) is 10.5 Å². The van der Waals surface area contributed by atoms with Gasteiger partial charge in [0.05, 0.1) is 6.42 Å². The number of nitrogens with one attached hydrogen (secondary N) is 1. The summed E-state index contributed by atoms with van der Waals surface area (Å²) in [5, 5.41) is 2.76. The van der Waals surface area contributed by atoms with Gasteiger partial charge in [0.25, 0.3) is 0 Å². The largest absolute Gasteiger partial charge is 0.355 e. The van der Waals surface area contributed by atoms with Crippen molar-refractivity contribution in [3.63, 3.8) is 0 Å². The quantitative estimate of drug-likeness (QED) is 0.768. The molecule has 1 unspecified atom stereocenters. The predicted molar refractivity (Wildman–Crippen MR) is 74.0 cm³/mol. The van der Waals surface area contributed by atoms with Crippen LogP contribution in [-0.4, -0.2) is 28.2 Å². The summed E-state index contributed by atoms with van der Waals surface area (Å²) in [5.41, 5.74) is 0.955. The summed E-state index contributed by atoms with van der Waals surface area (Å²) in [7, 11) is -0.818. The third-order valence-electron chi connectivity index (χ3n) is 2.27. The zero-order valence-electron chi connectivity index (χ0n) is 9.81. The summed E-state index contributed by atoms with van der Waals surface area (Å²) in [5.74, 6) is 1.13. The number of carbonyl (C=O) groups is 1. The summed E-state index contributed by atoms with van der Waals surface area (Å²) in [6, 6.07) is 7.48. The van der Waals surface area contributed by atoms with Crippen molar-refractivity contribution >= 4 is 29.3 Å². The van der Waals surface area contributed by atoms with Crippen molar-refractivity contribution in [2.75, 3.05) is 18.1 Å². The second-order valence-electron chi connectivity index (χ2n) is 3.63. The average molecular weight is 271 g/mol. The van der Waals surface area contributed by atoms with Crippen molar-refractivity contribution in [3.05, 3.63) is 29.8 Å². The molecule has 0 aliphatic heterocycles. The topological polar surface area (TPSA) is 46.2 Å². The number of benzene rings is 1. The summed E-state index contributed by atoms with van der Waals surface area (Å²) in [4.78, 5) is 12.4. The van der Waals surface area contributed by atoms with Crippen LogP contribution in [0.1, 0.15) is 12.5 Å². The minimum absolute atomic E-state index is 0.0370. The van der Waals surface area contributed by atoms with E-state index in [2.05, 4.69) is 17.9 Å². The molecule has 1 aromatic rings. The second-order valence-corrected chi connectivity index (χ2v) is 6.01. The summed E-state index contributed by atoms with van der Waals surface area (Å²) in [6.07, 6.45) is 0.354. The molecular weight excluding hydrogens is 254 g/mol. The highest BCUT2D eigenvalue weighted by Gasteiger charge is 2.03. The van der Waals surface area contributed by atoms with Gasteiger partial charge in [0.15, 0.2) is 0 Å². The number of hydrogen-bond donors (Lipinski definition) is 2. The third kappa shape index (κ3) is 5.89. The van der Waals surface area contributed by atoms with Crippen LogP contribution in [0.15, 0.2) is 29.2 Å². The van der Waals surface area contributed by atoms with E-state index in [0.29, 0.717) is 24.5 Å². The summed E-state index contributed by atoms with van der Waals surface area (Å²) >= 11 is 4.18. The first-order chi connectivity index (χ1) is 8.11. The Hall–Kier alpha value is -0.810. The highest BCUT2D eigenvalue weighted by Crippen LogP contribution is 2.07. The zero-order valence-corrected chi connectivity index (χ0v) is 11.5. The fourth-order valence-electron chi connectivity index (χ4n) is 1.31. The molecule has 1 N–H and O–H groups in total. The Morgan fingerprint density at radius 2 is 2.00 bits per heavy atom. The van der Waals surface area contributed by atoms with Gasteiger partial charge in [0.2, 0.25) is 5.91 Å². The SMILES string of the molecule is CCS(=O)CCNC(=O)Cc1ccc(S)cc1. The monoisotopic (exact) mass is 271 g/mol. The molecule has 0 fully saturated rings. The number of thiol groups is 1. The van der Waals surface area contributed by atoms with Crippen molar-refractivity contribution in [2.24, 2.45) is 0 Å². The fourth-order valence-corrected chi connectivity index (χ4v) is 2.08.